The molecule has 4 heterocycles. The van der Waals surface area contributed by atoms with E-state index in [1.165, 1.54) is 17.1 Å². The number of hydrogen-bond donors (Lipinski definition) is 1. The second-order valence-electron chi connectivity index (χ2n) is 9.97. The minimum Gasteiger partial charge on any atom is -0.451 e. The Morgan fingerprint density at radius 1 is 0.977 bits per heavy atom. The second kappa shape index (κ2) is 10.3. The van der Waals surface area contributed by atoms with Crippen LogP contribution in [-0.4, -0.2) is 48.6 Å². The van der Waals surface area contributed by atoms with Gasteiger partial charge in [0.2, 0.25) is 17.4 Å². The number of nitrogen functional groups attached to an aromatic ring is 1. The van der Waals surface area contributed by atoms with E-state index in [0.717, 1.165) is 12.1 Å². The van der Waals surface area contributed by atoms with E-state index in [9.17, 15) is 22.4 Å². The minimum atomic E-state index is -1.77. The summed E-state index contributed by atoms with van der Waals surface area (Å²) in [5.74, 6) is -10.1. The van der Waals surface area contributed by atoms with Crippen LogP contribution in [0.25, 0.3) is 33.4 Å². The molecule has 44 heavy (non-hydrogen) atoms. The highest BCUT2D eigenvalue weighted by atomic mass is 19.2. The normalized spacial score (nSPS) is 15.0. The van der Waals surface area contributed by atoms with E-state index in [-0.39, 0.29) is 52.7 Å². The van der Waals surface area contributed by atoms with Crippen LogP contribution in [0, 0.1) is 29.1 Å². The van der Waals surface area contributed by atoms with E-state index >= 15 is 4.39 Å². The number of aromatic nitrogens is 5. The van der Waals surface area contributed by atoms with E-state index in [1.807, 2.05) is 0 Å². The van der Waals surface area contributed by atoms with Gasteiger partial charge in [-0.3, -0.25) is 4.79 Å². The monoisotopic (exact) mass is 607 g/mol. The molecule has 0 bridgehead atoms. The molecule has 6 aromatic rings. The fourth-order valence-electron chi connectivity index (χ4n) is 5.17. The Bertz CT molecular complexity index is 2060. The molecule has 0 saturated carbocycles. The predicted octanol–water partition coefficient (Wildman–Crippen LogP) is 5.79. The maximum Gasteiger partial charge on any atom is 0.309 e. The lowest BCUT2D eigenvalue weighted by Gasteiger charge is -2.15. The van der Waals surface area contributed by atoms with Crippen LogP contribution < -0.4 is 10.5 Å². The molecule has 7 rings (SSSR count). The quantitative estimate of drug-likeness (QED) is 0.193. The van der Waals surface area contributed by atoms with Crippen molar-refractivity contribution in [3.05, 3.63) is 89.8 Å². The van der Waals surface area contributed by atoms with Crippen molar-refractivity contribution in [2.24, 2.45) is 0 Å². The Morgan fingerprint density at radius 2 is 1.75 bits per heavy atom. The summed E-state index contributed by atoms with van der Waals surface area (Å²) < 4.78 is 83.0. The maximum atomic E-state index is 15.5. The number of carbonyl (C=O) groups excluding carboxylic acids is 1. The molecule has 1 aliphatic rings. The predicted molar refractivity (Wildman–Crippen MR) is 145 cm³/mol. The van der Waals surface area contributed by atoms with Crippen molar-refractivity contribution in [3.8, 4) is 22.8 Å². The average Bonchev–Trinajstić information content (AvgIpc) is 3.76. The summed E-state index contributed by atoms with van der Waals surface area (Å²) in [6.07, 6.45) is 1.70. The number of fused-ring (bicyclic) bond motifs is 2. The van der Waals surface area contributed by atoms with E-state index < -0.39 is 46.5 Å². The van der Waals surface area contributed by atoms with Crippen LogP contribution >= 0.6 is 0 Å². The first-order valence-electron chi connectivity index (χ1n) is 13.1. The zero-order valence-corrected chi connectivity index (χ0v) is 22.3. The van der Waals surface area contributed by atoms with Crippen LogP contribution in [0.2, 0.25) is 0 Å². The van der Waals surface area contributed by atoms with Crippen LogP contribution in [-0.2, 0) is 0 Å². The second-order valence-corrected chi connectivity index (χ2v) is 9.97. The number of hydrogen-bond acceptors (Lipinski definition) is 8. The van der Waals surface area contributed by atoms with Gasteiger partial charge in [-0.25, -0.2) is 32.8 Å². The van der Waals surface area contributed by atoms with Gasteiger partial charge < -0.3 is 19.8 Å². The Hall–Kier alpha value is -5.60. The molecular formula is C29H18F5N7O3. The SMILES string of the molecule is Nc1ncnc2c1c(-c1ccc(Oc3c(F)c(F)cc(F)c3F)cc1F)nn2C1CCN(C(=O)c2nc3ccccc3o2)C1. The molecule has 2 N–H and O–H groups in total. The van der Waals surface area contributed by atoms with Gasteiger partial charge in [0.25, 0.3) is 5.89 Å². The van der Waals surface area contributed by atoms with Crippen molar-refractivity contribution in [1.29, 1.82) is 0 Å². The number of nitrogens with zero attached hydrogens (tertiary/aromatic N) is 6. The Morgan fingerprint density at radius 3 is 2.50 bits per heavy atom. The first-order chi connectivity index (χ1) is 21.2. The number of anilines is 1. The first-order valence-corrected chi connectivity index (χ1v) is 13.1. The lowest BCUT2D eigenvalue weighted by atomic mass is 10.1. The Balaban J connectivity index is 1.20. The number of amides is 1. The third-order valence-corrected chi connectivity index (χ3v) is 7.28. The summed E-state index contributed by atoms with van der Waals surface area (Å²) in [6, 6.07) is 9.77. The number of carbonyl (C=O) groups is 1. The minimum absolute atomic E-state index is 0.00718. The van der Waals surface area contributed by atoms with Gasteiger partial charge in [0.1, 0.15) is 34.9 Å². The summed E-state index contributed by atoms with van der Waals surface area (Å²) in [6.45, 7) is 0.571. The third kappa shape index (κ3) is 4.44. The molecule has 1 saturated heterocycles. The summed E-state index contributed by atoms with van der Waals surface area (Å²) in [5, 5.41) is 4.82. The molecule has 1 atom stereocenters. The summed E-state index contributed by atoms with van der Waals surface area (Å²) in [7, 11) is 0. The summed E-state index contributed by atoms with van der Waals surface area (Å²) in [5.41, 5.74) is 7.44. The van der Waals surface area contributed by atoms with Gasteiger partial charge >= 0.3 is 5.91 Å². The molecule has 10 nitrogen and oxygen atoms in total. The lowest BCUT2D eigenvalue weighted by molar-refractivity contribution is 0.0750. The first kappa shape index (κ1) is 27.2. The summed E-state index contributed by atoms with van der Waals surface area (Å²) in [4.78, 5) is 27.3. The average molecular weight is 607 g/mol. The fourth-order valence-corrected chi connectivity index (χ4v) is 5.17. The molecule has 222 valence electrons. The van der Waals surface area contributed by atoms with Gasteiger partial charge in [0, 0.05) is 30.8 Å². The zero-order valence-electron chi connectivity index (χ0n) is 22.3. The number of halogens is 5. The van der Waals surface area contributed by atoms with Gasteiger partial charge in [0.15, 0.2) is 22.9 Å². The number of oxazole rings is 1. The van der Waals surface area contributed by atoms with Crippen LogP contribution in [0.1, 0.15) is 23.1 Å². The molecule has 1 aliphatic heterocycles. The topological polar surface area (TPSA) is 125 Å². The van der Waals surface area contributed by atoms with E-state index in [1.54, 1.807) is 29.2 Å². The number of rotatable bonds is 5. The Kier molecular flexibility index (Phi) is 6.37. The molecule has 1 unspecified atom stereocenters. The van der Waals surface area contributed by atoms with Crippen molar-refractivity contribution in [1.82, 2.24) is 29.6 Å². The molecule has 0 spiro atoms. The highest BCUT2D eigenvalue weighted by molar-refractivity contribution is 5.98. The largest absolute Gasteiger partial charge is 0.451 e. The smallest absolute Gasteiger partial charge is 0.309 e. The molecule has 3 aromatic heterocycles. The van der Waals surface area contributed by atoms with Gasteiger partial charge in [-0.1, -0.05) is 12.1 Å². The van der Waals surface area contributed by atoms with E-state index in [0.29, 0.717) is 24.1 Å². The standard InChI is InChI=1S/C29H18F5N7O3/c30-16-9-14(43-25-22(33)17(31)10-18(32)23(25)34)5-6-15(16)24-21-26(35)36-12-37-27(21)41(39-24)13-7-8-40(11-13)29(42)28-38-19-3-1-2-4-20(19)44-28/h1-6,9-10,12-13H,7-8,11H2,(H2,35,36,37). The van der Waals surface area contributed by atoms with Crippen molar-refractivity contribution in [2.45, 2.75) is 12.5 Å². The van der Waals surface area contributed by atoms with Gasteiger partial charge in [-0.2, -0.15) is 13.9 Å². The van der Waals surface area contributed by atoms with Crippen molar-refractivity contribution in [3.63, 3.8) is 0 Å². The maximum absolute atomic E-state index is 15.5. The van der Waals surface area contributed by atoms with E-state index in [2.05, 4.69) is 20.1 Å². The highest BCUT2D eigenvalue weighted by Crippen LogP contribution is 2.37. The van der Waals surface area contributed by atoms with Crippen molar-refractivity contribution < 1.29 is 35.9 Å². The van der Waals surface area contributed by atoms with Crippen LogP contribution in [0.4, 0.5) is 27.8 Å². The van der Waals surface area contributed by atoms with Crippen molar-refractivity contribution >= 4 is 33.9 Å². The molecule has 0 radical (unpaired) electrons. The van der Waals surface area contributed by atoms with Crippen LogP contribution in [0.15, 0.2) is 59.3 Å². The number of benzene rings is 3. The third-order valence-electron chi connectivity index (χ3n) is 7.28. The van der Waals surface area contributed by atoms with Gasteiger partial charge in [-0.15, -0.1) is 0 Å². The zero-order chi connectivity index (χ0) is 30.7. The van der Waals surface area contributed by atoms with Gasteiger partial charge in [-0.05, 0) is 30.7 Å². The van der Waals surface area contributed by atoms with Crippen molar-refractivity contribution in [2.75, 3.05) is 18.8 Å². The highest BCUT2D eigenvalue weighted by Gasteiger charge is 2.33. The molecule has 0 aliphatic carbocycles. The van der Waals surface area contributed by atoms with E-state index in [4.69, 9.17) is 14.9 Å². The number of para-hydroxylation sites is 2. The van der Waals surface area contributed by atoms with Crippen LogP contribution in [0.3, 0.4) is 0 Å². The summed E-state index contributed by atoms with van der Waals surface area (Å²) >= 11 is 0. The van der Waals surface area contributed by atoms with Gasteiger partial charge in [0.05, 0.1) is 11.4 Å². The fraction of sp³-hybridized carbons (Fsp3) is 0.138. The Labute approximate surface area is 243 Å². The number of likely N-dealkylation sites (tertiary alicyclic amines) is 1. The molecule has 15 heteroatoms. The number of nitrogens with two attached hydrogens (primary N) is 1. The molecule has 1 amide bonds. The molecule has 3 aromatic carbocycles. The van der Waals surface area contributed by atoms with Crippen LogP contribution in [0.5, 0.6) is 11.5 Å². The molecule has 1 fully saturated rings. The lowest BCUT2D eigenvalue weighted by Crippen LogP contribution is -2.29. The number of ether oxygens (including phenoxy) is 1. The molecular weight excluding hydrogens is 589 g/mol.